The molecule has 2 heterocycles. The van der Waals surface area contributed by atoms with Crippen LogP contribution in [0.5, 0.6) is 0 Å². The Morgan fingerprint density at radius 2 is 2.04 bits per heavy atom. The van der Waals surface area contributed by atoms with E-state index >= 15 is 0 Å². The Morgan fingerprint density at radius 1 is 1.35 bits per heavy atom. The summed E-state index contributed by atoms with van der Waals surface area (Å²) in [6.07, 6.45) is 2.82. The van der Waals surface area contributed by atoms with Gasteiger partial charge in [-0.1, -0.05) is 13.8 Å². The van der Waals surface area contributed by atoms with Crippen LogP contribution in [-0.2, 0) is 17.8 Å². The van der Waals surface area contributed by atoms with E-state index in [9.17, 15) is 9.90 Å². The van der Waals surface area contributed by atoms with E-state index in [0.717, 1.165) is 38.0 Å². The van der Waals surface area contributed by atoms with Crippen LogP contribution in [0, 0.1) is 19.8 Å². The predicted octanol–water partition coefficient (Wildman–Crippen LogP) is 2.00. The zero-order chi connectivity index (χ0) is 19.5. The van der Waals surface area contributed by atoms with Crippen LogP contribution in [0.3, 0.4) is 0 Å². The summed E-state index contributed by atoms with van der Waals surface area (Å²) >= 11 is 0. The number of piperidine rings is 1. The van der Waals surface area contributed by atoms with Crippen molar-refractivity contribution in [3.8, 4) is 0 Å². The van der Waals surface area contributed by atoms with Crippen LogP contribution in [0.15, 0.2) is 0 Å². The third-order valence-electron chi connectivity index (χ3n) is 5.18. The molecule has 1 aliphatic rings. The molecule has 1 atom stereocenters. The minimum Gasteiger partial charge on any atom is -0.387 e. The number of aryl methyl sites for hydroxylation is 1. The molecule has 1 unspecified atom stereocenters. The third-order valence-corrected chi connectivity index (χ3v) is 5.18. The fraction of sp³-hybridized carbons (Fsp3) is 0.800. The molecule has 6 heteroatoms. The number of rotatable bonds is 7. The Kier molecular flexibility index (Phi) is 6.86. The molecule has 1 aliphatic heterocycles. The normalized spacial score (nSPS) is 21.0. The molecule has 0 aromatic carbocycles. The van der Waals surface area contributed by atoms with E-state index < -0.39 is 5.60 Å². The maximum Gasteiger partial charge on any atom is 0.223 e. The summed E-state index contributed by atoms with van der Waals surface area (Å²) in [5.74, 6) is 0.683. The highest BCUT2D eigenvalue weighted by Gasteiger charge is 2.35. The van der Waals surface area contributed by atoms with Gasteiger partial charge in [0.2, 0.25) is 5.91 Å². The predicted molar refractivity (Wildman–Crippen MR) is 104 cm³/mol. The third kappa shape index (κ3) is 5.30. The highest BCUT2D eigenvalue weighted by Crippen LogP contribution is 2.23. The van der Waals surface area contributed by atoms with Crippen molar-refractivity contribution in [2.45, 2.75) is 65.5 Å². The summed E-state index contributed by atoms with van der Waals surface area (Å²) in [5.41, 5.74) is 2.61. The van der Waals surface area contributed by atoms with E-state index in [1.165, 1.54) is 11.3 Å². The van der Waals surface area contributed by atoms with E-state index in [0.29, 0.717) is 25.4 Å². The van der Waals surface area contributed by atoms with Gasteiger partial charge in [-0.05, 0) is 58.7 Å². The van der Waals surface area contributed by atoms with Gasteiger partial charge < -0.3 is 14.9 Å². The van der Waals surface area contributed by atoms with Crippen molar-refractivity contribution in [1.82, 2.24) is 19.6 Å². The van der Waals surface area contributed by atoms with Gasteiger partial charge in [0.1, 0.15) is 0 Å². The Morgan fingerprint density at radius 3 is 2.65 bits per heavy atom. The lowest BCUT2D eigenvalue weighted by Crippen LogP contribution is -2.54. The fourth-order valence-corrected chi connectivity index (χ4v) is 4.05. The summed E-state index contributed by atoms with van der Waals surface area (Å²) < 4.78 is 2.07. The molecule has 1 aromatic heterocycles. The average molecular weight is 365 g/mol. The van der Waals surface area contributed by atoms with Crippen molar-refractivity contribution in [2.24, 2.45) is 5.92 Å². The minimum atomic E-state index is -0.786. The van der Waals surface area contributed by atoms with Crippen molar-refractivity contribution in [2.75, 3.05) is 33.7 Å². The van der Waals surface area contributed by atoms with E-state index in [4.69, 9.17) is 0 Å². The van der Waals surface area contributed by atoms with E-state index in [2.05, 4.69) is 30.6 Å². The van der Waals surface area contributed by atoms with Gasteiger partial charge in [0.05, 0.1) is 17.8 Å². The van der Waals surface area contributed by atoms with Gasteiger partial charge in [0.15, 0.2) is 0 Å². The summed E-state index contributed by atoms with van der Waals surface area (Å²) in [4.78, 5) is 16.6. The molecule has 0 spiro atoms. The van der Waals surface area contributed by atoms with Gasteiger partial charge in [-0.2, -0.15) is 5.10 Å². The topological polar surface area (TPSA) is 61.6 Å². The van der Waals surface area contributed by atoms with Gasteiger partial charge in [0, 0.05) is 31.7 Å². The molecule has 0 aliphatic carbocycles. The van der Waals surface area contributed by atoms with E-state index in [1.807, 2.05) is 30.8 Å². The molecule has 1 fully saturated rings. The second-order valence-electron chi connectivity index (χ2n) is 8.61. The standard InChI is InChI=1S/C20H36N4O2/c1-15(2)12-24-17(4)18(16(3)21-24)8-9-19(25)23-11-7-10-20(26,14-23)13-22(5)6/h15,26H,7-14H2,1-6H3. The van der Waals surface area contributed by atoms with Crippen molar-refractivity contribution in [3.05, 3.63) is 17.0 Å². The lowest BCUT2D eigenvalue weighted by atomic mass is 9.92. The number of nitrogens with zero attached hydrogens (tertiary/aromatic N) is 4. The number of likely N-dealkylation sites (tertiary alicyclic amines) is 1. The van der Waals surface area contributed by atoms with E-state index in [1.54, 1.807) is 0 Å². The summed E-state index contributed by atoms with van der Waals surface area (Å²) in [7, 11) is 3.91. The van der Waals surface area contributed by atoms with Crippen LogP contribution in [0.1, 0.15) is 50.1 Å². The number of amides is 1. The first kappa shape index (κ1) is 20.9. The molecule has 148 valence electrons. The Hall–Kier alpha value is -1.40. The Bertz CT molecular complexity index is 624. The number of hydrogen-bond donors (Lipinski definition) is 1. The van der Waals surface area contributed by atoms with Crippen molar-refractivity contribution in [3.63, 3.8) is 0 Å². The molecule has 0 radical (unpaired) electrons. The van der Waals surface area contributed by atoms with E-state index in [-0.39, 0.29) is 5.91 Å². The molecule has 0 bridgehead atoms. The van der Waals surface area contributed by atoms with Crippen LogP contribution in [0.2, 0.25) is 0 Å². The number of hydrogen-bond acceptors (Lipinski definition) is 4. The summed E-state index contributed by atoms with van der Waals surface area (Å²) in [5, 5.41) is 15.4. The first-order valence-electron chi connectivity index (χ1n) is 9.79. The zero-order valence-corrected chi connectivity index (χ0v) is 17.4. The quantitative estimate of drug-likeness (QED) is 0.804. The van der Waals surface area contributed by atoms with Crippen LogP contribution in [0.25, 0.3) is 0 Å². The molecular formula is C20H36N4O2. The molecular weight excluding hydrogens is 328 g/mol. The number of aromatic nitrogens is 2. The van der Waals surface area contributed by atoms with Crippen LogP contribution < -0.4 is 0 Å². The largest absolute Gasteiger partial charge is 0.387 e. The number of aliphatic hydroxyl groups is 1. The monoisotopic (exact) mass is 364 g/mol. The SMILES string of the molecule is Cc1nn(CC(C)C)c(C)c1CCC(=O)N1CCCC(O)(CN(C)C)C1. The number of carbonyl (C=O) groups excluding carboxylic acids is 1. The second kappa shape index (κ2) is 8.53. The van der Waals surface area contributed by atoms with Crippen molar-refractivity contribution >= 4 is 5.91 Å². The van der Waals surface area contributed by atoms with Gasteiger partial charge in [-0.3, -0.25) is 9.48 Å². The Labute approximate surface area is 158 Å². The maximum absolute atomic E-state index is 12.7. The summed E-state index contributed by atoms with van der Waals surface area (Å²) in [6, 6.07) is 0. The molecule has 1 amide bonds. The van der Waals surface area contributed by atoms with Gasteiger partial charge >= 0.3 is 0 Å². The molecule has 1 N–H and O–H groups in total. The second-order valence-corrected chi connectivity index (χ2v) is 8.61. The van der Waals surface area contributed by atoms with Crippen molar-refractivity contribution < 1.29 is 9.90 Å². The maximum atomic E-state index is 12.7. The molecule has 1 saturated heterocycles. The lowest BCUT2D eigenvalue weighted by molar-refractivity contribution is -0.139. The molecule has 0 saturated carbocycles. The lowest BCUT2D eigenvalue weighted by Gasteiger charge is -2.40. The van der Waals surface area contributed by atoms with Gasteiger partial charge in [-0.15, -0.1) is 0 Å². The van der Waals surface area contributed by atoms with Crippen molar-refractivity contribution in [1.29, 1.82) is 0 Å². The van der Waals surface area contributed by atoms with Gasteiger partial charge in [-0.25, -0.2) is 0 Å². The minimum absolute atomic E-state index is 0.136. The highest BCUT2D eigenvalue weighted by atomic mass is 16.3. The van der Waals surface area contributed by atoms with Crippen LogP contribution in [-0.4, -0.2) is 69.9 Å². The molecule has 26 heavy (non-hydrogen) atoms. The Balaban J connectivity index is 1.97. The number of β-amino-alcohol motifs (C(OH)–C–C–N with tert-alkyl or cyclic N) is 1. The average Bonchev–Trinajstić information content (AvgIpc) is 2.77. The van der Waals surface area contributed by atoms with Gasteiger partial charge in [0.25, 0.3) is 0 Å². The van der Waals surface area contributed by atoms with Crippen LogP contribution in [0.4, 0.5) is 0 Å². The van der Waals surface area contributed by atoms with Crippen LogP contribution >= 0.6 is 0 Å². The first-order chi connectivity index (χ1) is 12.1. The number of likely N-dealkylation sites (N-methyl/N-ethyl adjacent to an activating group) is 1. The summed E-state index contributed by atoms with van der Waals surface area (Å²) in [6.45, 7) is 11.2. The molecule has 2 rings (SSSR count). The molecule has 1 aromatic rings. The zero-order valence-electron chi connectivity index (χ0n) is 17.4. The number of carbonyl (C=O) groups is 1. The fourth-order valence-electron chi connectivity index (χ4n) is 4.05. The smallest absolute Gasteiger partial charge is 0.223 e. The highest BCUT2D eigenvalue weighted by molar-refractivity contribution is 5.76. The molecule has 6 nitrogen and oxygen atoms in total. The first-order valence-corrected chi connectivity index (χ1v) is 9.79.